The largest absolute Gasteiger partial charge is 0.507 e. The molecule has 35 heavy (non-hydrogen) atoms. The minimum absolute atomic E-state index is 0.0263. The second-order valence-corrected chi connectivity index (χ2v) is 9.12. The predicted molar refractivity (Wildman–Crippen MR) is 135 cm³/mol. The number of rotatable bonds is 5. The Hall–Kier alpha value is -4.17. The fraction of sp³-hybridized carbons (Fsp3) is 0.148. The van der Waals surface area contributed by atoms with Crippen LogP contribution in [0.4, 0.5) is 5.13 Å². The molecule has 1 aromatic heterocycles. The van der Waals surface area contributed by atoms with E-state index >= 15 is 0 Å². The molecule has 1 aliphatic heterocycles. The van der Waals surface area contributed by atoms with Gasteiger partial charge in [-0.05, 0) is 31.2 Å². The van der Waals surface area contributed by atoms with Gasteiger partial charge in [-0.3, -0.25) is 14.5 Å². The van der Waals surface area contributed by atoms with Crippen LogP contribution in [0.1, 0.15) is 22.7 Å². The Balaban J connectivity index is 1.77. The molecule has 0 bridgehead atoms. The molecule has 0 saturated carbocycles. The zero-order valence-electron chi connectivity index (χ0n) is 19.3. The topological polar surface area (TPSA) is 89.0 Å². The molecule has 1 N–H and O–H groups in total. The number of Topliss-reactive ketones (excluding diaryl/α,β-unsaturated/α-hetero) is 1. The van der Waals surface area contributed by atoms with E-state index in [-0.39, 0.29) is 11.3 Å². The van der Waals surface area contributed by atoms with Crippen molar-refractivity contribution >= 4 is 44.1 Å². The van der Waals surface area contributed by atoms with E-state index in [2.05, 4.69) is 4.98 Å². The molecule has 3 aromatic carbocycles. The molecule has 2 heterocycles. The first-order valence-corrected chi connectivity index (χ1v) is 11.7. The van der Waals surface area contributed by atoms with Gasteiger partial charge < -0.3 is 14.6 Å². The van der Waals surface area contributed by atoms with Crippen molar-refractivity contribution in [2.24, 2.45) is 0 Å². The van der Waals surface area contributed by atoms with Crippen LogP contribution in [-0.2, 0) is 9.59 Å². The van der Waals surface area contributed by atoms with Gasteiger partial charge in [0.2, 0.25) is 0 Å². The number of aliphatic hydroxyl groups is 1. The molecule has 0 radical (unpaired) electrons. The monoisotopic (exact) mass is 486 g/mol. The third-order valence-electron chi connectivity index (χ3n) is 5.99. The number of aliphatic hydroxyl groups excluding tert-OH is 1. The highest BCUT2D eigenvalue weighted by atomic mass is 32.1. The zero-order valence-corrected chi connectivity index (χ0v) is 20.1. The van der Waals surface area contributed by atoms with Crippen molar-refractivity contribution in [3.8, 4) is 11.5 Å². The fourth-order valence-electron chi connectivity index (χ4n) is 4.20. The van der Waals surface area contributed by atoms with E-state index in [1.165, 1.54) is 23.3 Å². The number of ketones is 1. The standard InChI is InChI=1S/C27H22N2O5S/c1-15-8-10-16(11-9-15)24(30)22-23(18-13-12-17(33-2)14-20(18)34-3)29(26(32)25(22)31)27-28-19-6-4-5-7-21(19)35-27/h4-14,23,30H,1-3H3. The van der Waals surface area contributed by atoms with Crippen LogP contribution in [0.15, 0.2) is 72.3 Å². The van der Waals surface area contributed by atoms with E-state index < -0.39 is 17.7 Å². The van der Waals surface area contributed by atoms with Crippen LogP contribution >= 0.6 is 11.3 Å². The highest BCUT2D eigenvalue weighted by molar-refractivity contribution is 7.22. The number of carbonyl (C=O) groups is 2. The quantitative estimate of drug-likeness (QED) is 0.236. The van der Waals surface area contributed by atoms with Crippen LogP contribution in [0, 0.1) is 6.92 Å². The molecule has 1 unspecified atom stereocenters. The number of fused-ring (bicyclic) bond motifs is 1. The molecular weight excluding hydrogens is 464 g/mol. The lowest BCUT2D eigenvalue weighted by atomic mass is 9.94. The van der Waals surface area contributed by atoms with Crippen molar-refractivity contribution in [1.29, 1.82) is 0 Å². The number of hydrogen-bond donors (Lipinski definition) is 1. The van der Waals surface area contributed by atoms with Gasteiger partial charge in [0.1, 0.15) is 23.3 Å². The van der Waals surface area contributed by atoms with Crippen LogP contribution in [0.25, 0.3) is 16.0 Å². The Kier molecular flexibility index (Phi) is 5.74. The molecule has 1 aliphatic rings. The van der Waals surface area contributed by atoms with E-state index in [0.29, 0.717) is 33.3 Å². The van der Waals surface area contributed by atoms with Gasteiger partial charge in [-0.15, -0.1) is 0 Å². The van der Waals surface area contributed by atoms with Gasteiger partial charge in [-0.2, -0.15) is 0 Å². The Labute approximate surface area is 205 Å². The third-order valence-corrected chi connectivity index (χ3v) is 7.03. The third kappa shape index (κ3) is 3.81. The second-order valence-electron chi connectivity index (χ2n) is 8.11. The highest BCUT2D eigenvalue weighted by Gasteiger charge is 2.49. The number of aromatic nitrogens is 1. The number of methoxy groups -OCH3 is 2. The van der Waals surface area contributed by atoms with Crippen LogP contribution < -0.4 is 14.4 Å². The minimum Gasteiger partial charge on any atom is -0.507 e. The molecule has 176 valence electrons. The Morgan fingerprint density at radius 3 is 2.43 bits per heavy atom. The van der Waals surface area contributed by atoms with Crippen molar-refractivity contribution in [2.45, 2.75) is 13.0 Å². The molecule has 5 rings (SSSR count). The number of anilines is 1. The lowest BCUT2D eigenvalue weighted by Crippen LogP contribution is -2.29. The fourth-order valence-corrected chi connectivity index (χ4v) is 5.19. The molecule has 0 spiro atoms. The van der Waals surface area contributed by atoms with E-state index in [9.17, 15) is 14.7 Å². The SMILES string of the molecule is COc1ccc(C2C(=C(O)c3ccc(C)cc3)C(=O)C(=O)N2c2nc3ccccc3s2)c(OC)c1. The van der Waals surface area contributed by atoms with Crippen molar-refractivity contribution in [3.05, 3.63) is 89.0 Å². The molecule has 1 saturated heterocycles. The summed E-state index contributed by atoms with van der Waals surface area (Å²) in [6.45, 7) is 1.93. The maximum Gasteiger partial charge on any atom is 0.301 e. The maximum atomic E-state index is 13.4. The van der Waals surface area contributed by atoms with Crippen LogP contribution in [0.3, 0.4) is 0 Å². The number of aryl methyl sites for hydroxylation is 1. The number of para-hydroxylation sites is 1. The summed E-state index contributed by atoms with van der Waals surface area (Å²) in [7, 11) is 3.04. The molecule has 1 fully saturated rings. The number of nitrogens with zero attached hydrogens (tertiary/aromatic N) is 2. The number of carbonyl (C=O) groups excluding carboxylic acids is 2. The maximum absolute atomic E-state index is 13.4. The average Bonchev–Trinajstić information content (AvgIpc) is 3.42. The number of amides is 1. The Morgan fingerprint density at radius 1 is 1.00 bits per heavy atom. The lowest BCUT2D eigenvalue weighted by molar-refractivity contribution is -0.132. The Morgan fingerprint density at radius 2 is 1.74 bits per heavy atom. The molecule has 7 nitrogen and oxygen atoms in total. The van der Waals surface area contributed by atoms with Gasteiger partial charge in [0.25, 0.3) is 5.78 Å². The minimum atomic E-state index is -0.947. The van der Waals surface area contributed by atoms with Crippen molar-refractivity contribution in [2.75, 3.05) is 19.1 Å². The van der Waals surface area contributed by atoms with Gasteiger partial charge in [0.05, 0.1) is 30.0 Å². The first-order valence-electron chi connectivity index (χ1n) is 10.9. The van der Waals surface area contributed by atoms with Crippen LogP contribution in [0.5, 0.6) is 11.5 Å². The summed E-state index contributed by atoms with van der Waals surface area (Å²) >= 11 is 1.30. The van der Waals surface area contributed by atoms with E-state index in [0.717, 1.165) is 10.3 Å². The van der Waals surface area contributed by atoms with E-state index in [4.69, 9.17) is 9.47 Å². The first-order chi connectivity index (χ1) is 16.9. The number of thiazole rings is 1. The molecule has 8 heteroatoms. The summed E-state index contributed by atoms with van der Waals surface area (Å²) in [6, 6.07) is 18.8. The van der Waals surface area contributed by atoms with Gasteiger partial charge >= 0.3 is 5.91 Å². The lowest BCUT2D eigenvalue weighted by Gasteiger charge is -2.24. The summed E-state index contributed by atoms with van der Waals surface area (Å²) in [6.07, 6.45) is 0. The molecule has 1 atom stereocenters. The number of benzene rings is 3. The first kappa shape index (κ1) is 22.6. The smallest absolute Gasteiger partial charge is 0.301 e. The van der Waals surface area contributed by atoms with Gasteiger partial charge in [0.15, 0.2) is 5.13 Å². The Bertz CT molecular complexity index is 1460. The van der Waals surface area contributed by atoms with Crippen molar-refractivity contribution in [3.63, 3.8) is 0 Å². The molecule has 0 aliphatic carbocycles. The van der Waals surface area contributed by atoms with Crippen molar-refractivity contribution < 1.29 is 24.2 Å². The summed E-state index contributed by atoms with van der Waals surface area (Å²) in [4.78, 5) is 32.8. The predicted octanol–water partition coefficient (Wildman–Crippen LogP) is 5.25. The summed E-state index contributed by atoms with van der Waals surface area (Å²) in [5.74, 6) is -0.834. The summed E-state index contributed by atoms with van der Waals surface area (Å²) < 4.78 is 11.8. The molecular formula is C27H22N2O5S. The number of hydrogen-bond acceptors (Lipinski definition) is 7. The van der Waals surface area contributed by atoms with Crippen LogP contribution in [-0.4, -0.2) is 36.0 Å². The van der Waals surface area contributed by atoms with Crippen LogP contribution in [0.2, 0.25) is 0 Å². The van der Waals surface area contributed by atoms with E-state index in [1.54, 1.807) is 37.4 Å². The molecule has 1 amide bonds. The average molecular weight is 487 g/mol. The van der Waals surface area contributed by atoms with Gasteiger partial charge in [-0.1, -0.05) is 53.3 Å². The second kappa shape index (κ2) is 8.88. The number of ether oxygens (including phenoxy) is 2. The summed E-state index contributed by atoms with van der Waals surface area (Å²) in [5, 5.41) is 11.7. The van der Waals surface area contributed by atoms with Gasteiger partial charge in [-0.25, -0.2) is 4.98 Å². The van der Waals surface area contributed by atoms with Crippen molar-refractivity contribution in [1.82, 2.24) is 4.98 Å². The summed E-state index contributed by atoms with van der Waals surface area (Å²) in [5.41, 5.74) is 2.66. The van der Waals surface area contributed by atoms with Gasteiger partial charge in [0, 0.05) is 17.2 Å². The normalized spacial score (nSPS) is 17.2. The van der Waals surface area contributed by atoms with E-state index in [1.807, 2.05) is 43.3 Å². The highest BCUT2D eigenvalue weighted by Crippen LogP contribution is 2.47. The molecule has 4 aromatic rings. The zero-order chi connectivity index (χ0) is 24.7.